The van der Waals surface area contributed by atoms with Gasteiger partial charge in [0.1, 0.15) is 5.75 Å². The molecular formula is C26H20N2O5. The first-order valence-electron chi connectivity index (χ1n) is 10.4. The van der Waals surface area contributed by atoms with Crippen LogP contribution in [0, 0.1) is 0 Å². The number of anilines is 2. The van der Waals surface area contributed by atoms with Gasteiger partial charge in [0.25, 0.3) is 11.8 Å². The van der Waals surface area contributed by atoms with E-state index in [-0.39, 0.29) is 25.2 Å². The predicted molar refractivity (Wildman–Crippen MR) is 125 cm³/mol. The van der Waals surface area contributed by atoms with Crippen molar-refractivity contribution < 1.29 is 23.8 Å². The van der Waals surface area contributed by atoms with Crippen molar-refractivity contribution in [3.05, 3.63) is 90.5 Å². The molecular weight excluding hydrogens is 420 g/mol. The van der Waals surface area contributed by atoms with Crippen molar-refractivity contribution in [3.8, 4) is 17.2 Å². The molecule has 164 valence electrons. The average molecular weight is 440 g/mol. The Morgan fingerprint density at radius 3 is 2.48 bits per heavy atom. The van der Waals surface area contributed by atoms with E-state index in [1.165, 1.54) is 0 Å². The van der Waals surface area contributed by atoms with Crippen LogP contribution in [0.5, 0.6) is 17.2 Å². The third-order valence-electron chi connectivity index (χ3n) is 5.17. The average Bonchev–Trinajstić information content (AvgIpc) is 3.31. The fourth-order valence-corrected chi connectivity index (χ4v) is 3.56. The molecule has 1 heterocycles. The number of carbonyl (C=O) groups is 2. The molecule has 7 nitrogen and oxygen atoms in total. The lowest BCUT2D eigenvalue weighted by molar-refractivity contribution is -0.118. The first kappa shape index (κ1) is 20.4. The maximum Gasteiger partial charge on any atom is 0.262 e. The molecule has 7 heteroatoms. The molecule has 0 fully saturated rings. The summed E-state index contributed by atoms with van der Waals surface area (Å²) in [6.07, 6.45) is 0. The lowest BCUT2D eigenvalue weighted by Gasteiger charge is -2.12. The highest BCUT2D eigenvalue weighted by molar-refractivity contribution is 6.10. The summed E-state index contributed by atoms with van der Waals surface area (Å²) in [5.41, 5.74) is 1.28. The topological polar surface area (TPSA) is 85.9 Å². The fourth-order valence-electron chi connectivity index (χ4n) is 3.56. The normalized spacial score (nSPS) is 11.8. The summed E-state index contributed by atoms with van der Waals surface area (Å²) in [5.74, 6) is 1.07. The molecule has 1 aliphatic heterocycles. The van der Waals surface area contributed by atoms with Gasteiger partial charge in [-0.05, 0) is 47.2 Å². The molecule has 2 amide bonds. The number of rotatable bonds is 6. The van der Waals surface area contributed by atoms with Gasteiger partial charge < -0.3 is 24.8 Å². The number of fused-ring (bicyclic) bond motifs is 2. The van der Waals surface area contributed by atoms with Crippen molar-refractivity contribution in [3.63, 3.8) is 0 Å². The van der Waals surface area contributed by atoms with Gasteiger partial charge in [0.05, 0.1) is 11.3 Å². The molecule has 0 aliphatic carbocycles. The van der Waals surface area contributed by atoms with Gasteiger partial charge in [0.2, 0.25) is 6.79 Å². The van der Waals surface area contributed by atoms with Crippen molar-refractivity contribution in [2.45, 2.75) is 0 Å². The van der Waals surface area contributed by atoms with Crippen LogP contribution >= 0.6 is 0 Å². The van der Waals surface area contributed by atoms with Crippen LogP contribution in [-0.2, 0) is 4.79 Å². The molecule has 2 N–H and O–H groups in total. The summed E-state index contributed by atoms with van der Waals surface area (Å²) in [4.78, 5) is 25.4. The van der Waals surface area contributed by atoms with Gasteiger partial charge >= 0.3 is 0 Å². The van der Waals surface area contributed by atoms with E-state index in [2.05, 4.69) is 10.6 Å². The van der Waals surface area contributed by atoms with E-state index < -0.39 is 0 Å². The quantitative estimate of drug-likeness (QED) is 0.448. The van der Waals surface area contributed by atoms with E-state index in [1.54, 1.807) is 42.5 Å². The first-order valence-corrected chi connectivity index (χ1v) is 10.4. The monoisotopic (exact) mass is 440 g/mol. The summed E-state index contributed by atoms with van der Waals surface area (Å²) in [7, 11) is 0. The van der Waals surface area contributed by atoms with E-state index >= 15 is 0 Å². The van der Waals surface area contributed by atoms with Crippen molar-refractivity contribution in [1.29, 1.82) is 0 Å². The van der Waals surface area contributed by atoms with Gasteiger partial charge in [0, 0.05) is 11.8 Å². The molecule has 0 atom stereocenters. The third kappa shape index (κ3) is 4.57. The summed E-state index contributed by atoms with van der Waals surface area (Å²) < 4.78 is 16.3. The van der Waals surface area contributed by atoms with Crippen molar-refractivity contribution in [2.75, 3.05) is 24.0 Å². The van der Waals surface area contributed by atoms with Crippen molar-refractivity contribution >= 4 is 34.0 Å². The number of carbonyl (C=O) groups excluding carboxylic acids is 2. The van der Waals surface area contributed by atoms with Gasteiger partial charge in [-0.2, -0.15) is 0 Å². The Balaban J connectivity index is 1.24. The molecule has 0 unspecified atom stereocenters. The van der Waals surface area contributed by atoms with E-state index in [0.717, 1.165) is 10.8 Å². The molecule has 33 heavy (non-hydrogen) atoms. The minimum Gasteiger partial charge on any atom is -0.484 e. The van der Waals surface area contributed by atoms with E-state index in [1.807, 2.05) is 42.5 Å². The van der Waals surface area contributed by atoms with Crippen LogP contribution in [0.15, 0.2) is 84.9 Å². The zero-order valence-corrected chi connectivity index (χ0v) is 17.5. The minimum absolute atomic E-state index is 0.156. The fraction of sp³-hybridized carbons (Fsp3) is 0.0769. The van der Waals surface area contributed by atoms with Crippen LogP contribution in [0.25, 0.3) is 10.8 Å². The summed E-state index contributed by atoms with van der Waals surface area (Å²) in [6, 6.07) is 25.5. The third-order valence-corrected chi connectivity index (χ3v) is 5.17. The number of amides is 2. The summed E-state index contributed by atoms with van der Waals surface area (Å²) >= 11 is 0. The van der Waals surface area contributed by atoms with Crippen LogP contribution < -0.4 is 24.8 Å². The van der Waals surface area contributed by atoms with E-state index in [4.69, 9.17) is 14.2 Å². The van der Waals surface area contributed by atoms with E-state index in [0.29, 0.717) is 34.2 Å². The van der Waals surface area contributed by atoms with Crippen LogP contribution in [0.3, 0.4) is 0 Å². The lowest BCUT2D eigenvalue weighted by Crippen LogP contribution is -2.22. The zero-order valence-electron chi connectivity index (χ0n) is 17.5. The van der Waals surface area contributed by atoms with Crippen LogP contribution in [0.4, 0.5) is 11.4 Å². The molecule has 0 aromatic heterocycles. The predicted octanol–water partition coefficient (Wildman–Crippen LogP) is 4.84. The highest BCUT2D eigenvalue weighted by atomic mass is 16.7. The second kappa shape index (κ2) is 8.92. The standard InChI is InChI=1S/C26H20N2O5/c29-25(15-31-20-11-9-17-5-1-2-6-18(17)13-20)28-22-8-4-3-7-21(22)26(30)27-19-10-12-23-24(14-19)33-16-32-23/h1-14H,15-16H2,(H,27,30)(H,28,29). The number of ether oxygens (including phenoxy) is 3. The Morgan fingerprint density at radius 1 is 0.788 bits per heavy atom. The lowest BCUT2D eigenvalue weighted by atomic mass is 10.1. The molecule has 4 aromatic carbocycles. The molecule has 0 spiro atoms. The summed E-state index contributed by atoms with van der Waals surface area (Å²) in [5, 5.41) is 7.70. The second-order valence-corrected chi connectivity index (χ2v) is 7.41. The van der Waals surface area contributed by atoms with Crippen molar-refractivity contribution in [1.82, 2.24) is 0 Å². The SMILES string of the molecule is O=C(COc1ccc2ccccc2c1)Nc1ccccc1C(=O)Nc1ccc2c(c1)OCO2. The largest absolute Gasteiger partial charge is 0.484 e. The Kier molecular flexibility index (Phi) is 5.51. The Morgan fingerprint density at radius 2 is 1.58 bits per heavy atom. The van der Waals surface area contributed by atoms with Crippen molar-refractivity contribution in [2.24, 2.45) is 0 Å². The Hall–Kier alpha value is -4.52. The highest BCUT2D eigenvalue weighted by Crippen LogP contribution is 2.34. The summed E-state index contributed by atoms with van der Waals surface area (Å²) in [6.45, 7) is -0.0284. The van der Waals surface area contributed by atoms with Gasteiger partial charge in [-0.1, -0.05) is 42.5 Å². The molecule has 5 rings (SSSR count). The molecule has 0 saturated heterocycles. The second-order valence-electron chi connectivity index (χ2n) is 7.41. The maximum absolute atomic E-state index is 12.9. The molecule has 0 radical (unpaired) electrons. The van der Waals surface area contributed by atoms with Gasteiger partial charge in [0.15, 0.2) is 18.1 Å². The number of hydrogen-bond donors (Lipinski definition) is 2. The molecule has 0 bridgehead atoms. The van der Waals surface area contributed by atoms with Gasteiger partial charge in [-0.15, -0.1) is 0 Å². The molecule has 4 aromatic rings. The van der Waals surface area contributed by atoms with E-state index in [9.17, 15) is 9.59 Å². The Bertz CT molecular complexity index is 1350. The van der Waals surface area contributed by atoms with Crippen LogP contribution in [-0.4, -0.2) is 25.2 Å². The highest BCUT2D eigenvalue weighted by Gasteiger charge is 2.17. The minimum atomic E-state index is -0.369. The number of benzene rings is 4. The van der Waals surface area contributed by atoms with Gasteiger partial charge in [-0.3, -0.25) is 9.59 Å². The van der Waals surface area contributed by atoms with Crippen LogP contribution in [0.1, 0.15) is 10.4 Å². The zero-order chi connectivity index (χ0) is 22.6. The maximum atomic E-state index is 12.9. The molecule has 0 saturated carbocycles. The number of hydrogen-bond acceptors (Lipinski definition) is 5. The Labute approximate surface area is 189 Å². The molecule has 1 aliphatic rings. The smallest absolute Gasteiger partial charge is 0.262 e. The van der Waals surface area contributed by atoms with Gasteiger partial charge in [-0.25, -0.2) is 0 Å². The number of para-hydroxylation sites is 1. The first-order chi connectivity index (χ1) is 16.2. The number of nitrogens with one attached hydrogen (secondary N) is 2. The van der Waals surface area contributed by atoms with Crippen LogP contribution in [0.2, 0.25) is 0 Å².